The number of nitrogens with one attached hydrogen (secondary N) is 1. The molecule has 8 nitrogen and oxygen atoms in total. The number of aliphatic hydroxyl groups excluding tert-OH is 1. The van der Waals surface area contributed by atoms with Gasteiger partial charge in [0.05, 0.1) is 39.9 Å². The number of rotatable bonds is 29. The smallest absolute Gasteiger partial charge is 0.268 e. The number of hydrogen-bond donors (Lipinski definition) is 2. The van der Waals surface area contributed by atoms with E-state index in [4.69, 9.17) is 9.05 Å². The second-order valence-electron chi connectivity index (χ2n) is 12.5. The average molecular weight is 605 g/mol. The molecule has 0 radical (unpaired) electrons. The molecule has 0 bridgehead atoms. The number of phosphoric ester groups is 1. The molecule has 3 unspecified atom stereocenters. The molecule has 0 aromatic heterocycles. The van der Waals surface area contributed by atoms with Crippen LogP contribution in [0.4, 0.5) is 0 Å². The zero-order valence-corrected chi connectivity index (χ0v) is 28.1. The van der Waals surface area contributed by atoms with Crippen LogP contribution in [0.2, 0.25) is 0 Å². The van der Waals surface area contributed by atoms with E-state index >= 15 is 0 Å². The molecule has 0 saturated carbocycles. The molecule has 0 aliphatic heterocycles. The zero-order valence-electron chi connectivity index (χ0n) is 27.2. The SMILES string of the molecule is CCCCC/C=C\CCCCCCCC(=O)NC(COP(=O)([O-])OCC[N+](C)(C)C)C(O)CCCCCCCCC. The highest BCUT2D eigenvalue weighted by molar-refractivity contribution is 7.45. The minimum absolute atomic E-state index is 0.0110. The van der Waals surface area contributed by atoms with Gasteiger partial charge in [-0.3, -0.25) is 9.36 Å². The van der Waals surface area contributed by atoms with Crippen molar-refractivity contribution in [2.24, 2.45) is 0 Å². The van der Waals surface area contributed by atoms with Gasteiger partial charge in [0, 0.05) is 6.42 Å². The molecule has 0 aliphatic rings. The molecule has 41 heavy (non-hydrogen) atoms. The third-order valence-corrected chi connectivity index (χ3v) is 8.22. The fourth-order valence-corrected chi connectivity index (χ4v) is 5.22. The lowest BCUT2D eigenvalue weighted by molar-refractivity contribution is -0.870. The fourth-order valence-electron chi connectivity index (χ4n) is 4.50. The minimum Gasteiger partial charge on any atom is -0.756 e. The van der Waals surface area contributed by atoms with Crippen molar-refractivity contribution in [3.63, 3.8) is 0 Å². The van der Waals surface area contributed by atoms with Gasteiger partial charge in [-0.25, -0.2) is 0 Å². The Morgan fingerprint density at radius 1 is 0.829 bits per heavy atom. The lowest BCUT2D eigenvalue weighted by Crippen LogP contribution is -2.46. The Morgan fingerprint density at radius 2 is 1.34 bits per heavy atom. The first kappa shape index (κ1) is 40.2. The van der Waals surface area contributed by atoms with Crippen molar-refractivity contribution >= 4 is 13.7 Å². The molecule has 1 amide bonds. The van der Waals surface area contributed by atoms with E-state index < -0.39 is 20.0 Å². The van der Waals surface area contributed by atoms with E-state index in [1.807, 2.05) is 21.1 Å². The van der Waals surface area contributed by atoms with Gasteiger partial charge < -0.3 is 28.8 Å². The highest BCUT2D eigenvalue weighted by Crippen LogP contribution is 2.38. The van der Waals surface area contributed by atoms with E-state index in [-0.39, 0.29) is 19.1 Å². The highest BCUT2D eigenvalue weighted by atomic mass is 31.2. The molecule has 0 saturated heterocycles. The highest BCUT2D eigenvalue weighted by Gasteiger charge is 2.24. The number of allylic oxidation sites excluding steroid dienone is 2. The van der Waals surface area contributed by atoms with Gasteiger partial charge in [0.2, 0.25) is 5.91 Å². The maximum atomic E-state index is 12.7. The largest absolute Gasteiger partial charge is 0.756 e. The monoisotopic (exact) mass is 604 g/mol. The van der Waals surface area contributed by atoms with Gasteiger partial charge in [0.1, 0.15) is 13.2 Å². The van der Waals surface area contributed by atoms with E-state index in [1.165, 1.54) is 57.8 Å². The van der Waals surface area contributed by atoms with Crippen LogP contribution in [0.15, 0.2) is 12.2 Å². The first-order chi connectivity index (χ1) is 19.5. The van der Waals surface area contributed by atoms with Gasteiger partial charge in [-0.15, -0.1) is 0 Å². The van der Waals surface area contributed by atoms with E-state index in [2.05, 4.69) is 31.3 Å². The van der Waals surface area contributed by atoms with Crippen LogP contribution in [0.25, 0.3) is 0 Å². The lowest BCUT2D eigenvalue weighted by Gasteiger charge is -2.30. The molecule has 0 rings (SSSR count). The molecule has 0 aromatic carbocycles. The lowest BCUT2D eigenvalue weighted by atomic mass is 10.0. The molecule has 0 aromatic rings. The number of carbonyl (C=O) groups excluding carboxylic acids is 1. The maximum Gasteiger partial charge on any atom is 0.268 e. The minimum atomic E-state index is -4.54. The second-order valence-corrected chi connectivity index (χ2v) is 13.9. The third kappa shape index (κ3) is 27.8. The summed E-state index contributed by atoms with van der Waals surface area (Å²) in [6.45, 7) is 4.60. The van der Waals surface area contributed by atoms with Gasteiger partial charge in [0.15, 0.2) is 0 Å². The van der Waals surface area contributed by atoms with Gasteiger partial charge in [-0.05, 0) is 38.5 Å². The molecule has 244 valence electrons. The Bertz CT molecular complexity index is 698. The van der Waals surface area contributed by atoms with Crippen LogP contribution in [0.3, 0.4) is 0 Å². The number of unbranched alkanes of at least 4 members (excludes halogenated alkanes) is 14. The fraction of sp³-hybridized carbons (Fsp3) is 0.906. The van der Waals surface area contributed by atoms with Crippen LogP contribution in [0.5, 0.6) is 0 Å². The summed E-state index contributed by atoms with van der Waals surface area (Å²) in [5.41, 5.74) is 0. The number of hydrogen-bond acceptors (Lipinski definition) is 6. The average Bonchev–Trinajstić information content (AvgIpc) is 2.90. The maximum absolute atomic E-state index is 12.7. The molecule has 0 aliphatic carbocycles. The van der Waals surface area contributed by atoms with Crippen LogP contribution in [0, 0.1) is 0 Å². The predicted octanol–water partition coefficient (Wildman–Crippen LogP) is 7.05. The number of nitrogens with zero attached hydrogens (tertiary/aromatic N) is 1. The van der Waals surface area contributed by atoms with Crippen molar-refractivity contribution in [1.82, 2.24) is 5.32 Å². The number of likely N-dealkylation sites (N-methyl/N-ethyl adjacent to an activating group) is 1. The second kappa shape index (κ2) is 25.7. The van der Waals surface area contributed by atoms with Crippen molar-refractivity contribution in [3.8, 4) is 0 Å². The standard InChI is InChI=1S/C32H65N2O6P/c1-6-8-10-12-14-15-16-17-18-20-22-24-26-32(36)33-30(31(35)25-23-21-19-13-11-9-7-2)29-40-41(37,38)39-28-27-34(3,4)5/h14-15,30-31,35H,6-13,16-29H2,1-5H3,(H-,33,36,37,38)/b15-14-. The number of amides is 1. The van der Waals surface area contributed by atoms with Crippen molar-refractivity contribution < 1.29 is 32.9 Å². The first-order valence-corrected chi connectivity index (χ1v) is 18.0. The summed E-state index contributed by atoms with van der Waals surface area (Å²) in [7, 11) is 1.29. The van der Waals surface area contributed by atoms with Crippen molar-refractivity contribution in [2.75, 3.05) is 40.9 Å². The van der Waals surface area contributed by atoms with E-state index in [0.717, 1.165) is 51.4 Å². The van der Waals surface area contributed by atoms with E-state index in [9.17, 15) is 19.4 Å². The quantitative estimate of drug-likeness (QED) is 0.0410. The summed E-state index contributed by atoms with van der Waals surface area (Å²) < 4.78 is 23.0. The van der Waals surface area contributed by atoms with E-state index in [0.29, 0.717) is 23.9 Å². The van der Waals surface area contributed by atoms with Gasteiger partial charge in [0.25, 0.3) is 7.82 Å². The van der Waals surface area contributed by atoms with Gasteiger partial charge >= 0.3 is 0 Å². The summed E-state index contributed by atoms with van der Waals surface area (Å²) in [6.07, 6.45) is 23.7. The number of carbonyl (C=O) groups is 1. The molecule has 0 fully saturated rings. The molecular formula is C32H65N2O6P. The van der Waals surface area contributed by atoms with Crippen LogP contribution >= 0.6 is 7.82 Å². The molecular weight excluding hydrogens is 539 g/mol. The number of quaternary nitrogens is 1. The third-order valence-electron chi connectivity index (χ3n) is 7.25. The van der Waals surface area contributed by atoms with Crippen molar-refractivity contribution in [2.45, 2.75) is 148 Å². The summed E-state index contributed by atoms with van der Waals surface area (Å²) >= 11 is 0. The number of phosphoric acid groups is 1. The Balaban J connectivity index is 4.52. The molecule has 0 spiro atoms. The summed E-state index contributed by atoms with van der Waals surface area (Å²) in [5, 5.41) is 13.7. The van der Waals surface area contributed by atoms with Gasteiger partial charge in [-0.1, -0.05) is 103 Å². The Kier molecular flexibility index (Phi) is 25.2. The molecule has 9 heteroatoms. The Labute approximate surface area is 252 Å². The predicted molar refractivity (Wildman–Crippen MR) is 169 cm³/mol. The van der Waals surface area contributed by atoms with E-state index in [1.54, 1.807) is 0 Å². The normalized spacial score (nSPS) is 15.2. The Morgan fingerprint density at radius 3 is 1.95 bits per heavy atom. The zero-order chi connectivity index (χ0) is 30.8. The summed E-state index contributed by atoms with van der Waals surface area (Å²) in [5.74, 6) is -0.182. The molecule has 0 heterocycles. The topological polar surface area (TPSA) is 108 Å². The van der Waals surface area contributed by atoms with Crippen LogP contribution in [-0.4, -0.2) is 68.5 Å². The first-order valence-electron chi connectivity index (χ1n) is 16.5. The summed E-state index contributed by atoms with van der Waals surface area (Å²) in [6, 6.07) is -0.795. The van der Waals surface area contributed by atoms with Crippen LogP contribution in [0.1, 0.15) is 136 Å². The van der Waals surface area contributed by atoms with Crippen LogP contribution in [-0.2, 0) is 18.4 Å². The molecule has 3 atom stereocenters. The Hall–Kier alpha value is -0.760. The van der Waals surface area contributed by atoms with Gasteiger partial charge in [-0.2, -0.15) is 0 Å². The van der Waals surface area contributed by atoms with Crippen molar-refractivity contribution in [1.29, 1.82) is 0 Å². The van der Waals surface area contributed by atoms with Crippen LogP contribution < -0.4 is 10.2 Å². The molecule has 2 N–H and O–H groups in total. The van der Waals surface area contributed by atoms with Crippen molar-refractivity contribution in [3.05, 3.63) is 12.2 Å². The number of aliphatic hydroxyl groups is 1. The summed E-state index contributed by atoms with van der Waals surface area (Å²) in [4.78, 5) is 24.9.